The van der Waals surface area contributed by atoms with Gasteiger partial charge in [-0.3, -0.25) is 4.90 Å². The molecule has 0 aliphatic carbocycles. The first-order valence-corrected chi connectivity index (χ1v) is 6.98. The molecule has 1 aromatic rings. The zero-order valence-corrected chi connectivity index (χ0v) is 12.6. The fraction of sp³-hybridized carbons (Fsp3) is 0.692. The first-order chi connectivity index (χ1) is 9.58. The number of hydrogen-bond acceptors (Lipinski definition) is 6. The van der Waals surface area contributed by atoms with Gasteiger partial charge < -0.3 is 20.4 Å². The molecule has 1 aliphatic heterocycles. The Morgan fingerprint density at radius 1 is 1.55 bits per heavy atom. The lowest BCUT2D eigenvalue weighted by molar-refractivity contribution is 0.133. The summed E-state index contributed by atoms with van der Waals surface area (Å²) in [6, 6.07) is 0.319. The quantitative estimate of drug-likeness (QED) is 0.807. The molecule has 7 heteroatoms. The molecular weight excluding hydrogens is 256 g/mol. The number of aliphatic imine (C=N–C) groups is 1. The average Bonchev–Trinajstić information content (AvgIpc) is 2.84. The van der Waals surface area contributed by atoms with Crippen LogP contribution >= 0.6 is 0 Å². The van der Waals surface area contributed by atoms with E-state index in [1.54, 1.807) is 13.4 Å². The van der Waals surface area contributed by atoms with Crippen molar-refractivity contribution in [2.75, 3.05) is 32.1 Å². The summed E-state index contributed by atoms with van der Waals surface area (Å²) in [5.74, 6) is 1.42. The zero-order chi connectivity index (χ0) is 14.7. The van der Waals surface area contributed by atoms with Gasteiger partial charge in [-0.25, -0.2) is 9.98 Å². The molecule has 0 spiro atoms. The van der Waals surface area contributed by atoms with E-state index in [-0.39, 0.29) is 6.29 Å². The molecule has 0 bridgehead atoms. The molecule has 0 aromatic carbocycles. The van der Waals surface area contributed by atoms with Crippen LogP contribution in [-0.2, 0) is 4.74 Å². The molecule has 1 aromatic heterocycles. The minimum absolute atomic E-state index is 0.170. The van der Waals surface area contributed by atoms with Crippen molar-refractivity contribution in [3.05, 3.63) is 12.0 Å². The second-order valence-electron chi connectivity index (χ2n) is 5.10. The van der Waals surface area contributed by atoms with Crippen LogP contribution in [0.15, 0.2) is 11.3 Å². The molecule has 112 valence electrons. The molecule has 2 heterocycles. The SMILES string of the molecule is CCN(CCOC)C1N=C(N)c2ncn(C(C)C)c2N1. The summed E-state index contributed by atoms with van der Waals surface area (Å²) >= 11 is 0. The molecule has 7 nitrogen and oxygen atoms in total. The van der Waals surface area contributed by atoms with Gasteiger partial charge in [-0.15, -0.1) is 0 Å². The number of anilines is 1. The zero-order valence-electron chi connectivity index (χ0n) is 12.6. The summed E-state index contributed by atoms with van der Waals surface area (Å²) in [6.45, 7) is 8.65. The number of imidazole rings is 1. The van der Waals surface area contributed by atoms with Crippen molar-refractivity contribution in [1.82, 2.24) is 14.5 Å². The molecule has 0 saturated heterocycles. The van der Waals surface area contributed by atoms with Crippen molar-refractivity contribution in [1.29, 1.82) is 0 Å². The van der Waals surface area contributed by atoms with Gasteiger partial charge in [0.2, 0.25) is 0 Å². The van der Waals surface area contributed by atoms with E-state index < -0.39 is 0 Å². The van der Waals surface area contributed by atoms with Crippen LogP contribution < -0.4 is 11.1 Å². The van der Waals surface area contributed by atoms with Crippen molar-refractivity contribution < 1.29 is 4.74 Å². The maximum atomic E-state index is 6.05. The summed E-state index contributed by atoms with van der Waals surface area (Å²) in [6.07, 6.45) is 1.63. The number of fused-ring (bicyclic) bond motifs is 1. The first-order valence-electron chi connectivity index (χ1n) is 6.98. The van der Waals surface area contributed by atoms with Gasteiger partial charge in [0.05, 0.1) is 12.9 Å². The summed E-state index contributed by atoms with van der Waals surface area (Å²) in [4.78, 5) is 11.0. The lowest BCUT2D eigenvalue weighted by Gasteiger charge is -2.32. The summed E-state index contributed by atoms with van der Waals surface area (Å²) in [5.41, 5.74) is 6.78. The number of rotatable bonds is 6. The topological polar surface area (TPSA) is 80.7 Å². The Hall–Kier alpha value is -1.60. The highest BCUT2D eigenvalue weighted by Gasteiger charge is 2.27. The van der Waals surface area contributed by atoms with Crippen molar-refractivity contribution >= 4 is 11.7 Å². The molecule has 1 aliphatic rings. The highest BCUT2D eigenvalue weighted by atomic mass is 16.5. The van der Waals surface area contributed by atoms with E-state index in [0.717, 1.165) is 24.6 Å². The van der Waals surface area contributed by atoms with Gasteiger partial charge in [0.25, 0.3) is 0 Å². The minimum atomic E-state index is -0.170. The van der Waals surface area contributed by atoms with Crippen LogP contribution in [0, 0.1) is 0 Å². The van der Waals surface area contributed by atoms with E-state index >= 15 is 0 Å². The Kier molecular flexibility index (Phi) is 4.61. The number of aromatic nitrogens is 2. The first kappa shape index (κ1) is 14.8. The molecule has 0 radical (unpaired) electrons. The Morgan fingerprint density at radius 2 is 2.30 bits per heavy atom. The second kappa shape index (κ2) is 6.23. The Bertz CT molecular complexity index is 481. The van der Waals surface area contributed by atoms with Gasteiger partial charge in [-0.2, -0.15) is 0 Å². The predicted molar refractivity (Wildman–Crippen MR) is 79.9 cm³/mol. The van der Waals surface area contributed by atoms with E-state index in [2.05, 4.69) is 45.5 Å². The predicted octanol–water partition coefficient (Wildman–Crippen LogP) is 0.847. The number of nitrogens with zero attached hydrogens (tertiary/aromatic N) is 4. The van der Waals surface area contributed by atoms with Gasteiger partial charge in [0.1, 0.15) is 11.5 Å². The van der Waals surface area contributed by atoms with Crippen LogP contribution in [0.25, 0.3) is 0 Å². The molecule has 0 fully saturated rings. The maximum absolute atomic E-state index is 6.05. The number of methoxy groups -OCH3 is 1. The summed E-state index contributed by atoms with van der Waals surface area (Å²) in [7, 11) is 1.70. The smallest absolute Gasteiger partial charge is 0.179 e. The number of hydrogen-bond donors (Lipinski definition) is 2. The molecule has 1 unspecified atom stereocenters. The van der Waals surface area contributed by atoms with Gasteiger partial charge in [-0.05, 0) is 20.4 Å². The van der Waals surface area contributed by atoms with E-state index in [1.807, 2.05) is 0 Å². The normalized spacial score (nSPS) is 18.1. The third-order valence-corrected chi connectivity index (χ3v) is 3.45. The van der Waals surface area contributed by atoms with E-state index in [9.17, 15) is 0 Å². The van der Waals surface area contributed by atoms with Crippen LogP contribution in [0.2, 0.25) is 0 Å². The lowest BCUT2D eigenvalue weighted by atomic mass is 10.3. The lowest BCUT2D eigenvalue weighted by Crippen LogP contribution is -2.45. The van der Waals surface area contributed by atoms with E-state index in [1.165, 1.54) is 0 Å². The van der Waals surface area contributed by atoms with Crippen LogP contribution in [0.1, 0.15) is 32.5 Å². The summed E-state index contributed by atoms with van der Waals surface area (Å²) < 4.78 is 7.22. The number of amidine groups is 1. The molecule has 3 N–H and O–H groups in total. The van der Waals surface area contributed by atoms with Crippen molar-refractivity contribution in [3.8, 4) is 0 Å². The molecule has 20 heavy (non-hydrogen) atoms. The third-order valence-electron chi connectivity index (χ3n) is 3.45. The molecule has 2 rings (SSSR count). The number of nitrogens with two attached hydrogens (primary N) is 1. The average molecular weight is 280 g/mol. The van der Waals surface area contributed by atoms with Gasteiger partial charge in [0.15, 0.2) is 12.1 Å². The number of likely N-dealkylation sites (N-methyl/N-ethyl adjacent to an activating group) is 1. The van der Waals surface area contributed by atoms with Crippen LogP contribution in [0.5, 0.6) is 0 Å². The van der Waals surface area contributed by atoms with Crippen molar-refractivity contribution in [2.45, 2.75) is 33.1 Å². The molecule has 1 atom stereocenters. The Labute approximate surface area is 119 Å². The highest BCUT2D eigenvalue weighted by Crippen LogP contribution is 2.24. The van der Waals surface area contributed by atoms with Gasteiger partial charge in [0, 0.05) is 19.7 Å². The van der Waals surface area contributed by atoms with E-state index in [0.29, 0.717) is 18.5 Å². The fourth-order valence-electron chi connectivity index (χ4n) is 2.27. The molecule has 0 saturated carbocycles. The van der Waals surface area contributed by atoms with Crippen molar-refractivity contribution in [3.63, 3.8) is 0 Å². The highest BCUT2D eigenvalue weighted by molar-refractivity contribution is 6.01. The van der Waals surface area contributed by atoms with Gasteiger partial charge >= 0.3 is 0 Å². The number of ether oxygens (including phenoxy) is 1. The molecular formula is C13H24N6O. The van der Waals surface area contributed by atoms with Crippen LogP contribution in [0.3, 0.4) is 0 Å². The Balaban J connectivity index is 2.23. The minimum Gasteiger partial charge on any atom is -0.383 e. The maximum Gasteiger partial charge on any atom is 0.179 e. The van der Waals surface area contributed by atoms with E-state index in [4.69, 9.17) is 10.5 Å². The van der Waals surface area contributed by atoms with Gasteiger partial charge in [-0.1, -0.05) is 6.92 Å². The number of nitrogens with one attached hydrogen (secondary N) is 1. The van der Waals surface area contributed by atoms with Crippen LogP contribution in [-0.4, -0.2) is 53.4 Å². The van der Waals surface area contributed by atoms with Crippen molar-refractivity contribution in [2.24, 2.45) is 10.7 Å². The third kappa shape index (κ3) is 2.78. The fourth-order valence-corrected chi connectivity index (χ4v) is 2.27. The van der Waals surface area contributed by atoms with Crippen LogP contribution in [0.4, 0.5) is 5.82 Å². The molecule has 0 amide bonds. The standard InChI is InChI=1S/C13H24N6O/c1-5-18(6-7-20-4)13-16-11(14)10-12(17-13)19(8-15-10)9(2)3/h8-9,13,17H,5-7H2,1-4H3,(H2,14,16). The monoisotopic (exact) mass is 280 g/mol. The second-order valence-corrected chi connectivity index (χ2v) is 5.10. The summed E-state index contributed by atoms with van der Waals surface area (Å²) in [5, 5.41) is 3.42. The largest absolute Gasteiger partial charge is 0.383 e. The Morgan fingerprint density at radius 3 is 2.90 bits per heavy atom.